The van der Waals surface area contributed by atoms with E-state index in [2.05, 4.69) is 0 Å². The molecule has 0 aliphatic heterocycles. The number of hydrogen-bond donors (Lipinski definition) is 1. The Bertz CT molecular complexity index is 541. The Kier molecular flexibility index (Phi) is 2.96. The maximum absolute atomic E-state index is 13.7. The molecule has 1 aromatic rings. The summed E-state index contributed by atoms with van der Waals surface area (Å²) in [5.41, 5.74) is -0.248. The van der Waals surface area contributed by atoms with Crippen LogP contribution in [0.4, 0.5) is 4.39 Å². The molecule has 3 nitrogen and oxygen atoms in total. The molecule has 0 heterocycles. The molecular formula is C11H12ClFO3S. The molecule has 0 radical (unpaired) electrons. The van der Waals surface area contributed by atoms with Crippen LogP contribution in [0.3, 0.4) is 0 Å². The number of hydrogen-bond acceptors (Lipinski definition) is 3. The number of halogens is 2. The van der Waals surface area contributed by atoms with Crippen molar-refractivity contribution in [2.45, 2.75) is 29.8 Å². The lowest BCUT2D eigenvalue weighted by Crippen LogP contribution is -2.12. The van der Waals surface area contributed by atoms with E-state index in [9.17, 15) is 17.9 Å². The van der Waals surface area contributed by atoms with E-state index in [-0.39, 0.29) is 5.02 Å². The van der Waals surface area contributed by atoms with Gasteiger partial charge in [0.15, 0.2) is 9.84 Å². The van der Waals surface area contributed by atoms with Crippen LogP contribution in [0.15, 0.2) is 17.0 Å². The van der Waals surface area contributed by atoms with Crippen LogP contribution >= 0.6 is 11.6 Å². The molecular weight excluding hydrogens is 267 g/mol. The van der Waals surface area contributed by atoms with Crippen molar-refractivity contribution in [3.05, 3.63) is 28.5 Å². The molecule has 1 aliphatic rings. The smallest absolute Gasteiger partial charge is 0.179 e. The van der Waals surface area contributed by atoms with Crippen molar-refractivity contribution >= 4 is 21.4 Å². The minimum absolute atomic E-state index is 0.133. The molecule has 0 unspecified atom stereocenters. The zero-order chi connectivity index (χ0) is 12.8. The first-order valence-corrected chi connectivity index (χ1v) is 7.39. The van der Waals surface area contributed by atoms with E-state index in [0.29, 0.717) is 24.8 Å². The van der Waals surface area contributed by atoms with E-state index in [1.807, 2.05) is 0 Å². The van der Waals surface area contributed by atoms with E-state index in [4.69, 9.17) is 11.6 Å². The quantitative estimate of drug-likeness (QED) is 0.919. The number of rotatable bonds is 3. The highest BCUT2D eigenvalue weighted by Crippen LogP contribution is 2.39. The van der Waals surface area contributed by atoms with Gasteiger partial charge in [-0.2, -0.15) is 0 Å². The Morgan fingerprint density at radius 1 is 1.47 bits per heavy atom. The van der Waals surface area contributed by atoms with Crippen LogP contribution in [0.2, 0.25) is 5.02 Å². The minimum atomic E-state index is -3.68. The topological polar surface area (TPSA) is 54.4 Å². The van der Waals surface area contributed by atoms with Gasteiger partial charge < -0.3 is 5.11 Å². The second kappa shape index (κ2) is 3.93. The average molecular weight is 279 g/mol. The molecule has 0 bridgehead atoms. The summed E-state index contributed by atoms with van der Waals surface area (Å²) in [5, 5.41) is 9.58. The second-order valence-electron chi connectivity index (χ2n) is 4.56. The third-order valence-corrected chi connectivity index (χ3v) is 4.36. The largest absolute Gasteiger partial charge is 0.390 e. The predicted octanol–water partition coefficient (Wildman–Crippen LogP) is 1.95. The van der Waals surface area contributed by atoms with Gasteiger partial charge in [0, 0.05) is 12.7 Å². The third kappa shape index (κ3) is 2.78. The Labute approximate surface area is 104 Å². The molecule has 6 heteroatoms. The number of benzene rings is 1. The predicted molar refractivity (Wildman–Crippen MR) is 62.4 cm³/mol. The maximum Gasteiger partial charge on any atom is 0.179 e. The summed E-state index contributed by atoms with van der Waals surface area (Å²) >= 11 is 5.77. The van der Waals surface area contributed by atoms with Crippen LogP contribution in [0.5, 0.6) is 0 Å². The van der Waals surface area contributed by atoms with Crippen LogP contribution < -0.4 is 0 Å². The average Bonchev–Trinajstić information content (AvgIpc) is 2.78. The van der Waals surface area contributed by atoms with E-state index in [1.54, 1.807) is 0 Å². The van der Waals surface area contributed by atoms with Crippen LogP contribution in [0.25, 0.3) is 0 Å². The van der Waals surface area contributed by atoms with Gasteiger partial charge in [-0.1, -0.05) is 11.6 Å². The Balaban J connectivity index is 2.41. The molecule has 1 fully saturated rings. The van der Waals surface area contributed by atoms with Crippen LogP contribution in [0, 0.1) is 5.82 Å². The fourth-order valence-corrected chi connectivity index (χ4v) is 3.25. The lowest BCUT2D eigenvalue weighted by molar-refractivity contribution is 0.151. The second-order valence-corrected chi connectivity index (χ2v) is 6.92. The summed E-state index contributed by atoms with van der Waals surface area (Å²) < 4.78 is 36.3. The third-order valence-electron chi connectivity index (χ3n) is 2.79. The van der Waals surface area contributed by atoms with Gasteiger partial charge in [-0.25, -0.2) is 12.8 Å². The van der Waals surface area contributed by atoms with Gasteiger partial charge in [-0.3, -0.25) is 0 Å². The van der Waals surface area contributed by atoms with Gasteiger partial charge in [0.2, 0.25) is 0 Å². The Hall–Kier alpha value is -0.650. The fourth-order valence-electron chi connectivity index (χ4n) is 1.77. The summed E-state index contributed by atoms with van der Waals surface area (Å²) in [6.45, 7) is 0. The first kappa shape index (κ1) is 12.8. The number of sulfone groups is 1. The van der Waals surface area contributed by atoms with Gasteiger partial charge in [0.05, 0.1) is 10.6 Å². The highest BCUT2D eigenvalue weighted by Gasteiger charge is 2.40. The lowest BCUT2D eigenvalue weighted by atomic mass is 10.1. The van der Waals surface area contributed by atoms with Crippen molar-refractivity contribution in [3.63, 3.8) is 0 Å². The first-order valence-electron chi connectivity index (χ1n) is 5.12. The lowest BCUT2D eigenvalue weighted by Gasteiger charge is -2.10. The van der Waals surface area contributed by atoms with Gasteiger partial charge in [-0.15, -0.1) is 0 Å². The minimum Gasteiger partial charge on any atom is -0.390 e. The molecule has 17 heavy (non-hydrogen) atoms. The van der Waals surface area contributed by atoms with E-state index >= 15 is 0 Å². The van der Waals surface area contributed by atoms with Gasteiger partial charge in [0.25, 0.3) is 0 Å². The zero-order valence-electron chi connectivity index (χ0n) is 9.20. The highest BCUT2D eigenvalue weighted by molar-refractivity contribution is 7.90. The molecule has 0 aromatic heterocycles. The van der Waals surface area contributed by atoms with Crippen molar-refractivity contribution in [3.8, 4) is 0 Å². The fraction of sp³-hybridized carbons (Fsp3) is 0.455. The van der Waals surface area contributed by atoms with Crippen molar-refractivity contribution < 1.29 is 17.9 Å². The van der Waals surface area contributed by atoms with E-state index in [1.165, 1.54) is 6.07 Å². The van der Waals surface area contributed by atoms with Crippen LogP contribution in [-0.2, 0) is 16.3 Å². The summed E-state index contributed by atoms with van der Waals surface area (Å²) in [4.78, 5) is -0.481. The molecule has 2 rings (SSSR count). The van der Waals surface area contributed by atoms with Crippen LogP contribution in [-0.4, -0.2) is 25.4 Å². The molecule has 0 saturated heterocycles. The van der Waals surface area contributed by atoms with Crippen molar-refractivity contribution in [1.82, 2.24) is 0 Å². The summed E-state index contributed by atoms with van der Waals surface area (Å²) in [6, 6.07) is 2.52. The van der Waals surface area contributed by atoms with Crippen molar-refractivity contribution in [2.75, 3.05) is 6.26 Å². The SMILES string of the molecule is CS(=O)(=O)c1c(F)cc(CC2(O)CC2)cc1Cl. The van der Waals surface area contributed by atoms with Crippen molar-refractivity contribution in [1.29, 1.82) is 0 Å². The molecule has 0 atom stereocenters. The number of aliphatic hydroxyl groups is 1. The van der Waals surface area contributed by atoms with E-state index < -0.39 is 26.2 Å². The molecule has 1 saturated carbocycles. The standard InChI is InChI=1S/C11H12ClFO3S/c1-17(15,16)10-8(12)4-7(5-9(10)13)6-11(14)2-3-11/h4-5,14H,2-3,6H2,1H3. The maximum atomic E-state index is 13.7. The van der Waals surface area contributed by atoms with Crippen LogP contribution in [0.1, 0.15) is 18.4 Å². The summed E-state index contributed by atoms with van der Waals surface area (Å²) in [5.74, 6) is -0.862. The molecule has 1 N–H and O–H groups in total. The Morgan fingerprint density at radius 3 is 2.47 bits per heavy atom. The van der Waals surface area contributed by atoms with Gasteiger partial charge >= 0.3 is 0 Å². The molecule has 94 valence electrons. The van der Waals surface area contributed by atoms with E-state index in [0.717, 1.165) is 12.3 Å². The first-order chi connectivity index (χ1) is 7.71. The summed E-state index contributed by atoms with van der Waals surface area (Å²) in [7, 11) is -3.68. The zero-order valence-corrected chi connectivity index (χ0v) is 10.8. The van der Waals surface area contributed by atoms with Crippen molar-refractivity contribution in [2.24, 2.45) is 0 Å². The summed E-state index contributed by atoms with van der Waals surface area (Å²) in [6.07, 6.45) is 2.57. The Morgan fingerprint density at radius 2 is 2.06 bits per heavy atom. The molecule has 0 amide bonds. The molecule has 0 spiro atoms. The van der Waals surface area contributed by atoms with Gasteiger partial charge in [0.1, 0.15) is 10.7 Å². The van der Waals surface area contributed by atoms with Gasteiger partial charge in [-0.05, 0) is 30.5 Å². The highest BCUT2D eigenvalue weighted by atomic mass is 35.5. The molecule has 1 aromatic carbocycles. The normalized spacial score (nSPS) is 18.1. The monoisotopic (exact) mass is 278 g/mol. The molecule has 1 aliphatic carbocycles.